The van der Waals surface area contributed by atoms with Gasteiger partial charge < -0.3 is 10.1 Å². The highest BCUT2D eigenvalue weighted by Gasteiger charge is 2.19. The second-order valence-electron chi connectivity index (χ2n) is 5.79. The first-order valence-corrected chi connectivity index (χ1v) is 8.87. The van der Waals surface area contributed by atoms with Crippen LogP contribution < -0.4 is 5.32 Å². The van der Waals surface area contributed by atoms with Gasteiger partial charge >= 0.3 is 5.97 Å². The van der Waals surface area contributed by atoms with Crippen molar-refractivity contribution in [2.75, 3.05) is 6.61 Å². The van der Waals surface area contributed by atoms with E-state index in [0.717, 1.165) is 5.56 Å². The van der Waals surface area contributed by atoms with Crippen molar-refractivity contribution < 1.29 is 14.3 Å². The van der Waals surface area contributed by atoms with Crippen molar-refractivity contribution in [1.82, 2.24) is 10.3 Å². The molecular weight excluding hydrogens is 399 g/mol. The zero-order valence-electron chi connectivity index (χ0n) is 14.4. The lowest BCUT2D eigenvalue weighted by Crippen LogP contribution is -2.31. The van der Waals surface area contributed by atoms with Gasteiger partial charge in [0.2, 0.25) is 0 Å². The minimum atomic E-state index is -0.697. The Morgan fingerprint density at radius 1 is 1.15 bits per heavy atom. The third-order valence-electron chi connectivity index (χ3n) is 3.66. The van der Waals surface area contributed by atoms with Gasteiger partial charge in [0.25, 0.3) is 5.91 Å². The van der Waals surface area contributed by atoms with Gasteiger partial charge in [-0.2, -0.15) is 0 Å². The van der Waals surface area contributed by atoms with E-state index in [2.05, 4.69) is 10.3 Å². The van der Waals surface area contributed by atoms with Crippen molar-refractivity contribution in [3.63, 3.8) is 0 Å². The molecule has 2 rings (SSSR count). The number of rotatable bonds is 5. The van der Waals surface area contributed by atoms with Gasteiger partial charge in [0.05, 0.1) is 21.7 Å². The number of carbonyl (C=O) groups excluding carboxylic acids is 2. The zero-order valence-corrected chi connectivity index (χ0v) is 16.7. The predicted molar refractivity (Wildman–Crippen MR) is 102 cm³/mol. The number of halogens is 3. The number of esters is 1. The number of benzene rings is 1. The molecule has 1 aromatic carbocycles. The first-order valence-electron chi connectivity index (χ1n) is 7.74. The number of nitrogens with zero attached hydrogens (tertiary/aromatic N) is 1. The molecule has 0 aliphatic rings. The molecule has 0 radical (unpaired) electrons. The van der Waals surface area contributed by atoms with Crippen molar-refractivity contribution in [2.45, 2.75) is 26.8 Å². The molecule has 0 bridgehead atoms. The lowest BCUT2D eigenvalue weighted by molar-refractivity contribution is -0.124. The Balaban J connectivity index is 1.96. The first-order chi connectivity index (χ1) is 12.2. The summed E-state index contributed by atoms with van der Waals surface area (Å²) in [5.41, 5.74) is 2.26. The Kier molecular flexibility index (Phi) is 6.87. The molecule has 5 nitrogen and oxygen atoms in total. The van der Waals surface area contributed by atoms with E-state index in [4.69, 9.17) is 39.5 Å². The number of pyridine rings is 1. The normalized spacial score (nSPS) is 11.8. The number of ether oxygens (including phenoxy) is 1. The number of hydrogen-bond acceptors (Lipinski definition) is 4. The molecule has 1 heterocycles. The SMILES string of the molecule is Cc1cc(C)c(C(=O)OCC(=O)N[C@@H](C)c2ccc(Cl)c(Cl)c2)c(Cl)n1. The van der Waals surface area contributed by atoms with Crippen molar-refractivity contribution >= 4 is 46.7 Å². The highest BCUT2D eigenvalue weighted by molar-refractivity contribution is 6.42. The van der Waals surface area contributed by atoms with Crippen LogP contribution in [0.25, 0.3) is 0 Å². The fraction of sp³-hybridized carbons (Fsp3) is 0.278. The maximum Gasteiger partial charge on any atom is 0.342 e. The standard InChI is InChI=1S/C18H17Cl3N2O3/c1-9-6-10(2)22-17(21)16(9)18(25)26-8-15(24)23-11(3)12-4-5-13(19)14(20)7-12/h4-7,11H,8H2,1-3H3,(H,23,24)/t11-/m0/s1. The molecule has 1 amide bonds. The van der Waals surface area contributed by atoms with Crippen LogP contribution in [0.5, 0.6) is 0 Å². The Labute approximate surface area is 166 Å². The summed E-state index contributed by atoms with van der Waals surface area (Å²) in [5, 5.41) is 3.60. The number of amides is 1. The number of aromatic nitrogens is 1. The lowest BCUT2D eigenvalue weighted by Gasteiger charge is -2.15. The smallest absolute Gasteiger partial charge is 0.342 e. The summed E-state index contributed by atoms with van der Waals surface area (Å²) >= 11 is 17.9. The van der Waals surface area contributed by atoms with Crippen LogP contribution in [0.3, 0.4) is 0 Å². The van der Waals surface area contributed by atoms with Gasteiger partial charge in [-0.25, -0.2) is 9.78 Å². The summed E-state index contributed by atoms with van der Waals surface area (Å²) in [6.07, 6.45) is 0. The monoisotopic (exact) mass is 414 g/mol. The van der Waals surface area contributed by atoms with E-state index in [-0.39, 0.29) is 16.8 Å². The maximum absolute atomic E-state index is 12.2. The quantitative estimate of drug-likeness (QED) is 0.568. The summed E-state index contributed by atoms with van der Waals surface area (Å²) in [6.45, 7) is 4.84. The van der Waals surface area contributed by atoms with Gasteiger partial charge in [-0.1, -0.05) is 40.9 Å². The van der Waals surface area contributed by atoms with E-state index >= 15 is 0 Å². The van der Waals surface area contributed by atoms with Crippen LogP contribution in [0, 0.1) is 13.8 Å². The molecule has 26 heavy (non-hydrogen) atoms. The van der Waals surface area contributed by atoms with Gasteiger partial charge in [-0.05, 0) is 50.1 Å². The number of carbonyl (C=O) groups is 2. The van der Waals surface area contributed by atoms with Crippen LogP contribution in [-0.4, -0.2) is 23.5 Å². The van der Waals surface area contributed by atoms with Gasteiger partial charge in [0.15, 0.2) is 6.61 Å². The van der Waals surface area contributed by atoms with Crippen molar-refractivity contribution in [3.05, 3.63) is 61.8 Å². The van der Waals surface area contributed by atoms with Crippen molar-refractivity contribution in [2.24, 2.45) is 0 Å². The molecule has 0 fully saturated rings. The van der Waals surface area contributed by atoms with Gasteiger partial charge in [-0.3, -0.25) is 4.79 Å². The summed E-state index contributed by atoms with van der Waals surface area (Å²) in [4.78, 5) is 28.3. The summed E-state index contributed by atoms with van der Waals surface area (Å²) in [6, 6.07) is 6.46. The number of hydrogen-bond donors (Lipinski definition) is 1. The molecule has 0 saturated carbocycles. The lowest BCUT2D eigenvalue weighted by atomic mass is 10.1. The highest BCUT2D eigenvalue weighted by atomic mass is 35.5. The molecule has 1 N–H and O–H groups in total. The largest absolute Gasteiger partial charge is 0.452 e. The molecule has 1 atom stereocenters. The predicted octanol–water partition coefficient (Wildman–Crippen LogP) is 4.69. The fourth-order valence-electron chi connectivity index (χ4n) is 2.39. The molecule has 2 aromatic rings. The summed E-state index contributed by atoms with van der Waals surface area (Å²) in [5.74, 6) is -1.15. The molecule has 0 spiro atoms. The van der Waals surface area contributed by atoms with E-state index in [1.165, 1.54) is 0 Å². The minimum Gasteiger partial charge on any atom is -0.452 e. The Morgan fingerprint density at radius 2 is 1.85 bits per heavy atom. The third-order valence-corrected chi connectivity index (χ3v) is 4.67. The van der Waals surface area contributed by atoms with Crippen LogP contribution in [0.1, 0.15) is 40.1 Å². The maximum atomic E-state index is 12.2. The molecule has 8 heteroatoms. The Bertz CT molecular complexity index is 833. The average molecular weight is 416 g/mol. The fourth-order valence-corrected chi connectivity index (χ4v) is 3.05. The number of nitrogens with one attached hydrogen (secondary N) is 1. The van der Waals surface area contributed by atoms with E-state index in [1.807, 2.05) is 0 Å². The van der Waals surface area contributed by atoms with Crippen LogP contribution >= 0.6 is 34.8 Å². The highest BCUT2D eigenvalue weighted by Crippen LogP contribution is 2.25. The van der Waals surface area contributed by atoms with E-state index in [1.54, 1.807) is 45.0 Å². The number of aryl methyl sites for hydroxylation is 2. The van der Waals surface area contributed by atoms with E-state index < -0.39 is 18.5 Å². The molecule has 138 valence electrons. The Hall–Kier alpha value is -1.82. The van der Waals surface area contributed by atoms with E-state index in [0.29, 0.717) is 21.3 Å². The molecule has 1 aromatic heterocycles. The van der Waals surface area contributed by atoms with Crippen LogP contribution in [-0.2, 0) is 9.53 Å². The topological polar surface area (TPSA) is 68.3 Å². The van der Waals surface area contributed by atoms with Crippen LogP contribution in [0.4, 0.5) is 0 Å². The third kappa shape index (κ3) is 5.10. The van der Waals surface area contributed by atoms with Gasteiger partial charge in [0, 0.05) is 5.69 Å². The average Bonchev–Trinajstić information content (AvgIpc) is 2.54. The Morgan fingerprint density at radius 3 is 2.46 bits per heavy atom. The van der Waals surface area contributed by atoms with Gasteiger partial charge in [0.1, 0.15) is 5.15 Å². The molecule has 0 aliphatic heterocycles. The zero-order chi connectivity index (χ0) is 19.4. The van der Waals surface area contributed by atoms with Crippen LogP contribution in [0.15, 0.2) is 24.3 Å². The minimum absolute atomic E-state index is 0.0529. The molecular formula is C18H17Cl3N2O3. The van der Waals surface area contributed by atoms with Crippen molar-refractivity contribution in [3.8, 4) is 0 Å². The molecule has 0 unspecified atom stereocenters. The van der Waals surface area contributed by atoms with E-state index in [9.17, 15) is 9.59 Å². The second-order valence-corrected chi connectivity index (χ2v) is 6.96. The molecule has 0 aliphatic carbocycles. The summed E-state index contributed by atoms with van der Waals surface area (Å²) < 4.78 is 5.05. The van der Waals surface area contributed by atoms with Gasteiger partial charge in [-0.15, -0.1) is 0 Å². The van der Waals surface area contributed by atoms with Crippen molar-refractivity contribution in [1.29, 1.82) is 0 Å². The summed E-state index contributed by atoms with van der Waals surface area (Å²) in [7, 11) is 0. The first kappa shape index (κ1) is 20.5. The molecule has 0 saturated heterocycles. The second kappa shape index (κ2) is 8.71. The van der Waals surface area contributed by atoms with Crippen LogP contribution in [0.2, 0.25) is 15.2 Å².